The molecule has 2 aromatic rings. The number of ether oxygens (including phenoxy) is 4. The molecule has 148 valence electrons. The van der Waals surface area contributed by atoms with Crippen LogP contribution in [0.25, 0.3) is 6.08 Å². The number of benzene rings is 2. The van der Waals surface area contributed by atoms with Crippen LogP contribution < -0.4 is 14.2 Å². The number of cyclic esters (lactones) is 1. The number of nitrogens with zero attached hydrogens (tertiary/aromatic N) is 1. The van der Waals surface area contributed by atoms with Crippen molar-refractivity contribution in [2.24, 2.45) is 4.99 Å². The number of hydrogen-bond acceptors (Lipinski definition) is 6. The fraction of sp³-hybridized carbons (Fsp3) is 0.217. The van der Waals surface area contributed by atoms with E-state index in [0.717, 1.165) is 16.9 Å². The molecule has 0 atom stereocenters. The summed E-state index contributed by atoms with van der Waals surface area (Å²) in [6.45, 7) is 5.20. The van der Waals surface area contributed by atoms with Gasteiger partial charge in [-0.25, -0.2) is 9.79 Å². The second-order valence-corrected chi connectivity index (χ2v) is 6.41. The molecule has 0 spiro atoms. The van der Waals surface area contributed by atoms with Crippen molar-refractivity contribution in [2.75, 3.05) is 19.8 Å². The molecule has 2 aliphatic heterocycles. The summed E-state index contributed by atoms with van der Waals surface area (Å²) in [5, 5.41) is 0. The van der Waals surface area contributed by atoms with Gasteiger partial charge in [-0.15, -0.1) is 0 Å². The second-order valence-electron chi connectivity index (χ2n) is 6.41. The summed E-state index contributed by atoms with van der Waals surface area (Å²) in [5.74, 6) is 1.80. The van der Waals surface area contributed by atoms with Gasteiger partial charge in [0.05, 0.1) is 13.2 Å². The summed E-state index contributed by atoms with van der Waals surface area (Å²) in [6.07, 6.45) is 3.68. The number of esters is 1. The molecule has 0 unspecified atom stereocenters. The minimum Gasteiger partial charge on any atom is -0.490 e. The predicted octanol–water partition coefficient (Wildman–Crippen LogP) is 4.15. The van der Waals surface area contributed by atoms with Crippen LogP contribution in [0.5, 0.6) is 17.2 Å². The van der Waals surface area contributed by atoms with Crippen molar-refractivity contribution in [3.63, 3.8) is 0 Å². The molecule has 0 aliphatic carbocycles. The number of rotatable bonds is 6. The topological polar surface area (TPSA) is 66.4 Å². The largest absolute Gasteiger partial charge is 0.490 e. The fourth-order valence-corrected chi connectivity index (χ4v) is 3.11. The van der Waals surface area contributed by atoms with Crippen LogP contribution in [0.2, 0.25) is 0 Å². The van der Waals surface area contributed by atoms with Gasteiger partial charge in [0.25, 0.3) is 0 Å². The molecule has 2 heterocycles. The Morgan fingerprint density at radius 2 is 1.86 bits per heavy atom. The third kappa shape index (κ3) is 4.01. The Kier molecular flexibility index (Phi) is 5.33. The van der Waals surface area contributed by atoms with E-state index in [1.165, 1.54) is 0 Å². The maximum atomic E-state index is 12.3. The Morgan fingerprint density at radius 3 is 2.69 bits per heavy atom. The Balaban J connectivity index is 1.62. The summed E-state index contributed by atoms with van der Waals surface area (Å²) >= 11 is 0. The summed E-state index contributed by atoms with van der Waals surface area (Å²) in [4.78, 5) is 16.7. The number of aliphatic imine (C=N–C) groups is 1. The minimum absolute atomic E-state index is 0.237. The molecule has 4 rings (SSSR count). The van der Waals surface area contributed by atoms with Gasteiger partial charge in [0.1, 0.15) is 12.4 Å². The normalized spacial score (nSPS) is 16.5. The monoisotopic (exact) mass is 391 g/mol. The van der Waals surface area contributed by atoms with Crippen LogP contribution in [0.15, 0.2) is 64.8 Å². The summed E-state index contributed by atoms with van der Waals surface area (Å²) in [5.41, 5.74) is 2.70. The highest BCUT2D eigenvalue weighted by atomic mass is 16.6. The van der Waals surface area contributed by atoms with E-state index in [9.17, 15) is 4.79 Å². The molecule has 0 N–H and O–H groups in total. The van der Waals surface area contributed by atoms with E-state index in [-0.39, 0.29) is 11.6 Å². The van der Waals surface area contributed by atoms with Gasteiger partial charge in [-0.3, -0.25) is 0 Å². The van der Waals surface area contributed by atoms with Crippen molar-refractivity contribution in [1.82, 2.24) is 0 Å². The van der Waals surface area contributed by atoms with Gasteiger partial charge >= 0.3 is 5.97 Å². The predicted molar refractivity (Wildman–Crippen MR) is 109 cm³/mol. The van der Waals surface area contributed by atoms with Crippen LogP contribution in [0, 0.1) is 0 Å². The molecular formula is C23H21NO5. The third-order valence-corrected chi connectivity index (χ3v) is 4.39. The van der Waals surface area contributed by atoms with Crippen molar-refractivity contribution >= 4 is 17.9 Å². The maximum Gasteiger partial charge on any atom is 0.363 e. The highest BCUT2D eigenvalue weighted by Crippen LogP contribution is 2.31. The Morgan fingerprint density at radius 1 is 1.07 bits per heavy atom. The SMILES string of the molecule is CCOc1ccc(C2=N/C(=C/C3=Cc4ccccc4OC3)C(=O)O2)cc1OCC. The number of fused-ring (bicyclic) bond motifs is 1. The molecule has 29 heavy (non-hydrogen) atoms. The van der Waals surface area contributed by atoms with Gasteiger partial charge in [-0.05, 0) is 55.8 Å². The Labute approximate surface area is 169 Å². The zero-order valence-corrected chi connectivity index (χ0v) is 16.3. The van der Waals surface area contributed by atoms with Crippen LogP contribution in [-0.4, -0.2) is 31.7 Å². The first kappa shape index (κ1) is 18.8. The summed E-state index contributed by atoms with van der Waals surface area (Å²) in [7, 11) is 0. The highest BCUT2D eigenvalue weighted by Gasteiger charge is 2.26. The molecule has 0 saturated heterocycles. The number of para-hydroxylation sites is 1. The van der Waals surface area contributed by atoms with Crippen LogP contribution in [0.1, 0.15) is 25.0 Å². The molecule has 2 aliphatic rings. The lowest BCUT2D eigenvalue weighted by molar-refractivity contribution is -0.130. The second kappa shape index (κ2) is 8.22. The minimum atomic E-state index is -0.494. The van der Waals surface area contributed by atoms with Gasteiger partial charge in [0.2, 0.25) is 5.90 Å². The van der Waals surface area contributed by atoms with E-state index >= 15 is 0 Å². The van der Waals surface area contributed by atoms with Crippen molar-refractivity contribution in [1.29, 1.82) is 0 Å². The van der Waals surface area contributed by atoms with E-state index < -0.39 is 5.97 Å². The van der Waals surface area contributed by atoms with Gasteiger partial charge in [-0.1, -0.05) is 18.2 Å². The lowest BCUT2D eigenvalue weighted by atomic mass is 10.1. The summed E-state index contributed by atoms with van der Waals surface area (Å²) in [6, 6.07) is 13.1. The fourth-order valence-electron chi connectivity index (χ4n) is 3.11. The lowest BCUT2D eigenvalue weighted by Gasteiger charge is -2.15. The van der Waals surface area contributed by atoms with Crippen LogP contribution in [0.4, 0.5) is 0 Å². The molecule has 2 aromatic carbocycles. The first-order valence-electron chi connectivity index (χ1n) is 9.53. The highest BCUT2D eigenvalue weighted by molar-refractivity contribution is 6.11. The molecule has 0 bridgehead atoms. The molecule has 6 nitrogen and oxygen atoms in total. The zero-order valence-electron chi connectivity index (χ0n) is 16.3. The number of carbonyl (C=O) groups is 1. The first-order valence-corrected chi connectivity index (χ1v) is 9.53. The van der Waals surface area contributed by atoms with Crippen molar-refractivity contribution in [3.8, 4) is 17.2 Å². The molecule has 0 amide bonds. The maximum absolute atomic E-state index is 12.3. The molecule has 0 fully saturated rings. The van der Waals surface area contributed by atoms with E-state index in [0.29, 0.717) is 36.9 Å². The van der Waals surface area contributed by atoms with Crippen LogP contribution in [0.3, 0.4) is 0 Å². The first-order chi connectivity index (χ1) is 14.2. The van der Waals surface area contributed by atoms with Crippen molar-refractivity contribution < 1.29 is 23.7 Å². The lowest BCUT2D eigenvalue weighted by Crippen LogP contribution is -2.08. The van der Waals surface area contributed by atoms with Crippen molar-refractivity contribution in [3.05, 3.63) is 70.9 Å². The summed E-state index contributed by atoms with van der Waals surface area (Å²) < 4.78 is 22.3. The quantitative estimate of drug-likeness (QED) is 0.547. The van der Waals surface area contributed by atoms with Gasteiger partial charge < -0.3 is 18.9 Å². The smallest absolute Gasteiger partial charge is 0.363 e. The van der Waals surface area contributed by atoms with Gasteiger partial charge in [0.15, 0.2) is 17.2 Å². The standard InChI is InChI=1S/C23H21NO5/c1-3-26-20-10-9-17(13-21(20)27-4-2)22-24-18(23(25)29-22)12-15-11-16-7-5-6-8-19(16)28-14-15/h5-13H,3-4,14H2,1-2H3/b18-12+. The van der Waals surface area contributed by atoms with E-state index in [1.54, 1.807) is 24.3 Å². The Bertz CT molecular complexity index is 1040. The van der Waals surface area contributed by atoms with Crippen LogP contribution in [-0.2, 0) is 9.53 Å². The molecule has 0 radical (unpaired) electrons. The van der Waals surface area contributed by atoms with Gasteiger partial charge in [-0.2, -0.15) is 0 Å². The third-order valence-electron chi connectivity index (χ3n) is 4.39. The van der Waals surface area contributed by atoms with Crippen molar-refractivity contribution in [2.45, 2.75) is 13.8 Å². The average molecular weight is 391 g/mol. The van der Waals surface area contributed by atoms with E-state index in [4.69, 9.17) is 18.9 Å². The Hall–Kier alpha value is -3.54. The number of carbonyl (C=O) groups excluding carboxylic acids is 1. The number of hydrogen-bond donors (Lipinski definition) is 0. The molecule has 6 heteroatoms. The molecule has 0 saturated carbocycles. The molecule has 0 aromatic heterocycles. The van der Waals surface area contributed by atoms with Crippen LogP contribution >= 0.6 is 0 Å². The van der Waals surface area contributed by atoms with E-state index in [1.807, 2.05) is 44.2 Å². The zero-order chi connectivity index (χ0) is 20.2. The van der Waals surface area contributed by atoms with E-state index in [2.05, 4.69) is 4.99 Å². The van der Waals surface area contributed by atoms with Gasteiger partial charge in [0, 0.05) is 11.1 Å². The molecular weight excluding hydrogens is 370 g/mol. The average Bonchev–Trinajstić information content (AvgIpc) is 3.10.